The highest BCUT2D eigenvalue weighted by atomic mass is 32.1. The Morgan fingerprint density at radius 3 is 2.34 bits per heavy atom. The van der Waals surface area contributed by atoms with Gasteiger partial charge in [0.15, 0.2) is 0 Å². The molecule has 2 aliphatic rings. The lowest BCUT2D eigenvalue weighted by Gasteiger charge is -2.42. The molecule has 1 aromatic carbocycles. The highest BCUT2D eigenvalue weighted by Crippen LogP contribution is 2.47. The molecule has 1 aliphatic heterocycles. The standard InChI is InChI=1S/C31H44N2O4S/c1-29(2,3)37-26(35)17-22(18-34)28(36)33-14-10-20(11-15-33)27-32-25(19-38-27)21-8-9-23-24(16-21)31(6,7)13-12-30(23,4)5/h8-9,16,19-20,22,34H,10-15,17-18H2,1-7H3/t22-/m0/s1. The molecule has 208 valence electrons. The van der Waals surface area contributed by atoms with E-state index < -0.39 is 17.5 Å². The third-order valence-corrected chi connectivity index (χ3v) is 9.24. The number of rotatable bonds is 6. The van der Waals surface area contributed by atoms with Gasteiger partial charge < -0.3 is 14.7 Å². The Morgan fingerprint density at radius 1 is 1.11 bits per heavy atom. The van der Waals surface area contributed by atoms with Gasteiger partial charge in [-0.05, 0) is 74.5 Å². The van der Waals surface area contributed by atoms with Crippen LogP contribution in [0.5, 0.6) is 0 Å². The number of benzene rings is 1. The van der Waals surface area contributed by atoms with Gasteiger partial charge in [-0.2, -0.15) is 0 Å². The maximum atomic E-state index is 13.0. The first kappa shape index (κ1) is 28.8. The summed E-state index contributed by atoms with van der Waals surface area (Å²) < 4.78 is 5.35. The highest BCUT2D eigenvalue weighted by molar-refractivity contribution is 7.10. The minimum absolute atomic E-state index is 0.100. The number of esters is 1. The third-order valence-electron chi connectivity index (χ3n) is 8.23. The van der Waals surface area contributed by atoms with Crippen molar-refractivity contribution in [2.24, 2.45) is 5.92 Å². The Morgan fingerprint density at radius 2 is 1.74 bits per heavy atom. The molecule has 1 fully saturated rings. The van der Waals surface area contributed by atoms with E-state index in [9.17, 15) is 14.7 Å². The van der Waals surface area contributed by atoms with Crippen LogP contribution in [-0.2, 0) is 25.2 Å². The third kappa shape index (κ3) is 6.31. The number of aromatic nitrogens is 1. The summed E-state index contributed by atoms with van der Waals surface area (Å²) in [5, 5.41) is 13.1. The molecular weight excluding hydrogens is 496 g/mol. The summed E-state index contributed by atoms with van der Waals surface area (Å²) >= 11 is 1.71. The molecule has 2 heterocycles. The first-order valence-corrected chi connectivity index (χ1v) is 14.8. The molecule has 7 heteroatoms. The van der Waals surface area contributed by atoms with Crippen molar-refractivity contribution in [3.8, 4) is 11.3 Å². The molecule has 0 spiro atoms. The Hall–Kier alpha value is -2.25. The average molecular weight is 541 g/mol. The van der Waals surface area contributed by atoms with E-state index in [0.29, 0.717) is 19.0 Å². The minimum Gasteiger partial charge on any atom is -0.460 e. The van der Waals surface area contributed by atoms with E-state index in [1.165, 1.54) is 29.5 Å². The van der Waals surface area contributed by atoms with Gasteiger partial charge in [0.2, 0.25) is 5.91 Å². The molecule has 1 saturated heterocycles. The maximum absolute atomic E-state index is 13.0. The number of fused-ring (bicyclic) bond motifs is 1. The van der Waals surface area contributed by atoms with E-state index in [4.69, 9.17) is 9.72 Å². The fourth-order valence-corrected chi connectivity index (χ4v) is 6.78. The fraction of sp³-hybridized carbons (Fsp3) is 0.645. The second-order valence-electron chi connectivity index (χ2n) is 13.4. The zero-order chi connectivity index (χ0) is 27.9. The van der Waals surface area contributed by atoms with Gasteiger partial charge in [0.1, 0.15) is 5.60 Å². The van der Waals surface area contributed by atoms with Gasteiger partial charge in [-0.1, -0.05) is 39.8 Å². The Labute approximate surface area is 231 Å². The van der Waals surface area contributed by atoms with Crippen molar-refractivity contribution in [3.63, 3.8) is 0 Å². The van der Waals surface area contributed by atoms with Gasteiger partial charge in [0, 0.05) is 30.0 Å². The van der Waals surface area contributed by atoms with Gasteiger partial charge in [0.05, 0.1) is 29.6 Å². The summed E-state index contributed by atoms with van der Waals surface area (Å²) in [6, 6.07) is 6.89. The van der Waals surface area contributed by atoms with Crippen LogP contribution >= 0.6 is 11.3 Å². The molecule has 1 N–H and O–H groups in total. The van der Waals surface area contributed by atoms with Crippen LogP contribution in [-0.4, -0.2) is 52.2 Å². The van der Waals surface area contributed by atoms with E-state index in [1.807, 2.05) is 0 Å². The van der Waals surface area contributed by atoms with Crippen molar-refractivity contribution in [1.82, 2.24) is 9.88 Å². The lowest BCUT2D eigenvalue weighted by Crippen LogP contribution is -2.43. The van der Waals surface area contributed by atoms with E-state index >= 15 is 0 Å². The van der Waals surface area contributed by atoms with Crippen LogP contribution in [0, 0.1) is 5.92 Å². The second kappa shape index (κ2) is 10.7. The number of amides is 1. The summed E-state index contributed by atoms with van der Waals surface area (Å²) in [5.74, 6) is -1.07. The molecule has 0 radical (unpaired) electrons. The van der Waals surface area contributed by atoms with Crippen molar-refractivity contribution < 1.29 is 19.4 Å². The van der Waals surface area contributed by atoms with E-state index in [1.54, 1.807) is 37.0 Å². The molecule has 1 amide bonds. The number of carbonyl (C=O) groups is 2. The number of thiazole rings is 1. The molecule has 1 atom stereocenters. The van der Waals surface area contributed by atoms with Crippen molar-refractivity contribution in [3.05, 3.63) is 39.7 Å². The Bertz CT molecular complexity index is 1170. The summed E-state index contributed by atoms with van der Waals surface area (Å²) in [6.45, 7) is 15.6. The van der Waals surface area contributed by atoms with Crippen molar-refractivity contribution >= 4 is 23.2 Å². The van der Waals surface area contributed by atoms with E-state index in [-0.39, 0.29) is 29.8 Å². The van der Waals surface area contributed by atoms with Gasteiger partial charge in [0.25, 0.3) is 0 Å². The Kier molecular flexibility index (Phi) is 8.11. The first-order valence-electron chi connectivity index (χ1n) is 13.9. The number of carbonyl (C=O) groups excluding carboxylic acids is 2. The number of piperidine rings is 1. The molecule has 0 saturated carbocycles. The summed E-state index contributed by atoms with van der Waals surface area (Å²) in [4.78, 5) is 32.1. The molecule has 6 nitrogen and oxygen atoms in total. The van der Waals surface area contributed by atoms with Crippen LogP contribution < -0.4 is 0 Å². The Balaban J connectivity index is 1.40. The maximum Gasteiger partial charge on any atom is 0.307 e. The van der Waals surface area contributed by atoms with Crippen molar-refractivity contribution in [1.29, 1.82) is 0 Å². The lowest BCUT2D eigenvalue weighted by atomic mass is 9.63. The predicted octanol–water partition coefficient (Wildman–Crippen LogP) is 6.21. The normalized spacial score (nSPS) is 20.1. The van der Waals surface area contributed by atoms with Crippen LogP contribution in [0.2, 0.25) is 0 Å². The molecule has 1 aromatic heterocycles. The summed E-state index contributed by atoms with van der Waals surface area (Å²) in [5.41, 5.74) is 4.85. The monoisotopic (exact) mass is 540 g/mol. The average Bonchev–Trinajstić information content (AvgIpc) is 3.34. The molecular formula is C31H44N2O4S. The van der Waals surface area contributed by atoms with Crippen LogP contribution in [0.3, 0.4) is 0 Å². The van der Waals surface area contributed by atoms with Crippen LogP contribution in [0.1, 0.15) is 103 Å². The second-order valence-corrected chi connectivity index (χ2v) is 14.3. The topological polar surface area (TPSA) is 79.7 Å². The smallest absolute Gasteiger partial charge is 0.307 e. The number of hydrogen-bond acceptors (Lipinski definition) is 6. The van der Waals surface area contributed by atoms with E-state index in [0.717, 1.165) is 23.5 Å². The molecule has 38 heavy (non-hydrogen) atoms. The number of aliphatic hydroxyl groups is 1. The molecule has 1 aliphatic carbocycles. The van der Waals surface area contributed by atoms with Crippen LogP contribution in [0.15, 0.2) is 23.6 Å². The van der Waals surface area contributed by atoms with Gasteiger partial charge >= 0.3 is 5.97 Å². The zero-order valence-corrected chi connectivity index (χ0v) is 24.9. The first-order chi connectivity index (χ1) is 17.7. The van der Waals surface area contributed by atoms with Gasteiger partial charge in [-0.3, -0.25) is 9.59 Å². The van der Waals surface area contributed by atoms with Crippen LogP contribution in [0.4, 0.5) is 0 Å². The SMILES string of the molecule is CC(C)(C)OC(=O)C[C@@H](CO)C(=O)N1CCC(c2nc(-c3ccc4c(c3)C(C)(C)CCC4(C)C)cs2)CC1. The van der Waals surface area contributed by atoms with Gasteiger partial charge in [-0.25, -0.2) is 4.98 Å². The molecule has 4 rings (SSSR count). The summed E-state index contributed by atoms with van der Waals surface area (Å²) in [7, 11) is 0. The van der Waals surface area contributed by atoms with Gasteiger partial charge in [-0.15, -0.1) is 11.3 Å². The molecule has 0 unspecified atom stereocenters. The number of hydrogen-bond donors (Lipinski definition) is 1. The quantitative estimate of drug-likeness (QED) is 0.441. The van der Waals surface area contributed by atoms with E-state index in [2.05, 4.69) is 51.3 Å². The van der Waals surface area contributed by atoms with Crippen molar-refractivity contribution in [2.75, 3.05) is 19.7 Å². The summed E-state index contributed by atoms with van der Waals surface area (Å²) in [6.07, 6.45) is 3.94. The lowest BCUT2D eigenvalue weighted by molar-refractivity contribution is -0.159. The number of likely N-dealkylation sites (tertiary alicyclic amines) is 1. The highest BCUT2D eigenvalue weighted by Gasteiger charge is 2.37. The predicted molar refractivity (Wildman–Crippen MR) is 152 cm³/mol. The molecule has 2 aromatic rings. The minimum atomic E-state index is -0.758. The van der Waals surface area contributed by atoms with Crippen molar-refractivity contribution in [2.45, 2.75) is 103 Å². The largest absolute Gasteiger partial charge is 0.460 e. The zero-order valence-electron chi connectivity index (χ0n) is 24.1. The van der Waals surface area contributed by atoms with Crippen LogP contribution in [0.25, 0.3) is 11.3 Å². The number of aliphatic hydroxyl groups excluding tert-OH is 1. The number of ether oxygens (including phenoxy) is 1. The fourth-order valence-electron chi connectivity index (χ4n) is 5.78. The molecule has 0 bridgehead atoms. The number of nitrogens with zero attached hydrogens (tertiary/aromatic N) is 2.